The molecule has 0 aliphatic rings. The summed E-state index contributed by atoms with van der Waals surface area (Å²) in [5, 5.41) is 17.0. The summed E-state index contributed by atoms with van der Waals surface area (Å²) in [5.74, 6) is 0. The Hall–Kier alpha value is -5.50. The molecule has 0 amide bonds. The maximum absolute atomic E-state index is 7.00. The van der Waals surface area contributed by atoms with Gasteiger partial charge in [-0.1, -0.05) is 158 Å². The molecule has 0 saturated carbocycles. The van der Waals surface area contributed by atoms with Gasteiger partial charge in [0.1, 0.15) is 0 Å². The highest BCUT2D eigenvalue weighted by Gasteiger charge is 2.23. The van der Waals surface area contributed by atoms with Crippen LogP contribution in [0.4, 0.5) is 0 Å². The molecule has 0 radical (unpaired) electrons. The van der Waals surface area contributed by atoms with E-state index in [2.05, 4.69) is 170 Å². The third kappa shape index (κ3) is 4.74. The number of aliphatic hydroxyl groups excluding tert-OH is 1. The number of hydrogen-bond acceptors (Lipinski definition) is 1. The van der Waals surface area contributed by atoms with Crippen LogP contribution in [-0.4, -0.2) is 12.2 Å². The van der Waals surface area contributed by atoms with Gasteiger partial charge >= 0.3 is 0 Å². The first-order valence-electron chi connectivity index (χ1n) is 15.0. The molecule has 0 bridgehead atoms. The molecule has 0 aromatic heterocycles. The lowest BCUT2D eigenvalue weighted by Gasteiger charge is -2.24. The predicted octanol–water partition coefficient (Wildman–Crippen LogP) is 10.9. The van der Waals surface area contributed by atoms with Crippen LogP contribution in [0.2, 0.25) is 0 Å². The first-order valence-corrected chi connectivity index (χ1v) is 15.0. The Morgan fingerprint density at radius 2 is 0.591 bits per heavy atom. The van der Waals surface area contributed by atoms with Crippen LogP contribution < -0.4 is 0 Å². The molecule has 0 unspecified atom stereocenters. The van der Waals surface area contributed by atoms with E-state index in [1.807, 2.05) is 0 Å². The summed E-state index contributed by atoms with van der Waals surface area (Å²) in [6, 6.07) is 61.9. The van der Waals surface area contributed by atoms with Gasteiger partial charge < -0.3 is 5.11 Å². The first-order chi connectivity index (χ1) is 21.9. The molecular weight excluding hydrogens is 532 g/mol. The summed E-state index contributed by atoms with van der Waals surface area (Å²) in [6.07, 6.45) is 0. The van der Waals surface area contributed by atoms with Crippen molar-refractivity contribution < 1.29 is 5.11 Å². The van der Waals surface area contributed by atoms with E-state index in [1.165, 1.54) is 76.5 Å². The van der Waals surface area contributed by atoms with Crippen LogP contribution in [0.25, 0.3) is 54.2 Å². The molecule has 1 nitrogen and oxygen atoms in total. The van der Waals surface area contributed by atoms with Gasteiger partial charge in [-0.3, -0.25) is 0 Å². The summed E-state index contributed by atoms with van der Waals surface area (Å²) in [7, 11) is 1.00. The maximum atomic E-state index is 7.00. The van der Waals surface area contributed by atoms with Crippen molar-refractivity contribution in [3.63, 3.8) is 0 Å². The van der Waals surface area contributed by atoms with Gasteiger partial charge in [0.2, 0.25) is 0 Å². The minimum absolute atomic E-state index is 1.00. The van der Waals surface area contributed by atoms with Crippen LogP contribution in [0.5, 0.6) is 0 Å². The molecule has 0 saturated heterocycles. The second kappa shape index (κ2) is 12.0. The highest BCUT2D eigenvalue weighted by atomic mass is 16.2. The smallest absolute Gasteiger partial charge is 0.0319 e. The van der Waals surface area contributed by atoms with E-state index >= 15 is 0 Å². The Balaban J connectivity index is 0.00000153. The standard InChI is InChI=1S/C42H28.CH4O/c1-3-15-29(16-4-1)39(30-17-5-2-6-18-30)42(40-35-23-11-7-19-31(35)27-32-20-8-12-24-36(32)40)41-37-25-13-9-21-33(37)28-34-22-10-14-26-38(34)41;1-2/h1-28H;2H,1H3. The molecule has 0 aliphatic heterocycles. The minimum Gasteiger partial charge on any atom is -0.400 e. The fourth-order valence-electron chi connectivity index (χ4n) is 6.61. The van der Waals surface area contributed by atoms with Gasteiger partial charge in [-0.25, -0.2) is 0 Å². The second-order valence-electron chi connectivity index (χ2n) is 10.9. The normalized spacial score (nSPS) is 11.0. The zero-order valence-electron chi connectivity index (χ0n) is 24.6. The monoisotopic (exact) mass is 564 g/mol. The van der Waals surface area contributed by atoms with Gasteiger partial charge in [0, 0.05) is 7.11 Å². The molecule has 1 heteroatoms. The van der Waals surface area contributed by atoms with Crippen molar-refractivity contribution in [1.82, 2.24) is 0 Å². The summed E-state index contributed by atoms with van der Waals surface area (Å²) >= 11 is 0. The number of rotatable bonds is 4. The molecule has 0 atom stereocenters. The SMILES string of the molecule is CO.c1ccc(C(=C(c2c3ccccc3cc3ccccc23)c2c3ccccc3cc3ccccc23)c2ccccc2)cc1. The van der Waals surface area contributed by atoms with E-state index in [1.54, 1.807) is 0 Å². The average molecular weight is 565 g/mol. The topological polar surface area (TPSA) is 20.2 Å². The van der Waals surface area contributed by atoms with Gasteiger partial charge in [0.25, 0.3) is 0 Å². The molecule has 1 N–H and O–H groups in total. The largest absolute Gasteiger partial charge is 0.400 e. The minimum atomic E-state index is 1.00. The van der Waals surface area contributed by atoms with E-state index in [4.69, 9.17) is 5.11 Å². The Morgan fingerprint density at radius 3 is 0.909 bits per heavy atom. The number of aliphatic hydroxyl groups is 1. The van der Waals surface area contributed by atoms with Crippen molar-refractivity contribution >= 4 is 54.2 Å². The Kier molecular flexibility index (Phi) is 7.46. The lowest BCUT2D eigenvalue weighted by molar-refractivity contribution is 0.399. The van der Waals surface area contributed by atoms with Crippen molar-refractivity contribution in [2.75, 3.05) is 7.11 Å². The van der Waals surface area contributed by atoms with Crippen molar-refractivity contribution in [3.05, 3.63) is 192 Å². The zero-order valence-corrected chi connectivity index (χ0v) is 24.6. The highest BCUT2D eigenvalue weighted by Crippen LogP contribution is 2.47. The van der Waals surface area contributed by atoms with Crippen molar-refractivity contribution in [3.8, 4) is 0 Å². The fraction of sp³-hybridized carbons (Fsp3) is 0.0233. The molecule has 44 heavy (non-hydrogen) atoms. The van der Waals surface area contributed by atoms with Gasteiger partial charge in [0.05, 0.1) is 0 Å². The molecule has 8 aromatic rings. The average Bonchev–Trinajstić information content (AvgIpc) is 3.10. The molecule has 0 fully saturated rings. The van der Waals surface area contributed by atoms with Gasteiger partial charge in [-0.05, 0) is 88.6 Å². The van der Waals surface area contributed by atoms with Gasteiger partial charge in [-0.2, -0.15) is 0 Å². The summed E-state index contributed by atoms with van der Waals surface area (Å²) < 4.78 is 0. The molecule has 8 aromatic carbocycles. The van der Waals surface area contributed by atoms with Crippen molar-refractivity contribution in [2.45, 2.75) is 0 Å². The van der Waals surface area contributed by atoms with E-state index in [0.717, 1.165) is 7.11 Å². The molecule has 0 aliphatic carbocycles. The number of hydrogen-bond donors (Lipinski definition) is 1. The Bertz CT molecular complexity index is 2010. The van der Waals surface area contributed by atoms with Crippen molar-refractivity contribution in [2.24, 2.45) is 0 Å². The molecule has 0 spiro atoms. The van der Waals surface area contributed by atoms with Crippen LogP contribution in [-0.2, 0) is 0 Å². The van der Waals surface area contributed by atoms with E-state index < -0.39 is 0 Å². The number of benzene rings is 8. The lowest BCUT2D eigenvalue weighted by atomic mass is 9.79. The molecule has 0 heterocycles. The zero-order chi connectivity index (χ0) is 29.9. The van der Waals surface area contributed by atoms with Gasteiger partial charge in [-0.15, -0.1) is 0 Å². The van der Waals surface area contributed by atoms with E-state index in [-0.39, 0.29) is 0 Å². The third-order valence-corrected chi connectivity index (χ3v) is 8.42. The van der Waals surface area contributed by atoms with E-state index in [9.17, 15) is 0 Å². The van der Waals surface area contributed by atoms with Crippen LogP contribution in [0.1, 0.15) is 22.3 Å². The molecular formula is C43H32O. The Labute approximate surface area is 258 Å². The Morgan fingerprint density at radius 1 is 0.318 bits per heavy atom. The number of fused-ring (bicyclic) bond motifs is 4. The van der Waals surface area contributed by atoms with E-state index in [0.29, 0.717) is 0 Å². The maximum Gasteiger partial charge on any atom is 0.0319 e. The summed E-state index contributed by atoms with van der Waals surface area (Å²) in [6.45, 7) is 0. The van der Waals surface area contributed by atoms with Gasteiger partial charge in [0.15, 0.2) is 0 Å². The quantitative estimate of drug-likeness (QED) is 0.166. The van der Waals surface area contributed by atoms with Crippen LogP contribution in [0.15, 0.2) is 170 Å². The van der Waals surface area contributed by atoms with Crippen LogP contribution in [0, 0.1) is 0 Å². The lowest BCUT2D eigenvalue weighted by Crippen LogP contribution is -2.01. The summed E-state index contributed by atoms with van der Waals surface area (Å²) in [4.78, 5) is 0. The fourth-order valence-corrected chi connectivity index (χ4v) is 6.61. The predicted molar refractivity (Wildman–Crippen MR) is 189 cm³/mol. The highest BCUT2D eigenvalue weighted by molar-refractivity contribution is 6.24. The van der Waals surface area contributed by atoms with Crippen molar-refractivity contribution in [1.29, 1.82) is 0 Å². The molecule has 8 rings (SSSR count). The van der Waals surface area contributed by atoms with Crippen LogP contribution >= 0.6 is 0 Å². The first kappa shape index (κ1) is 27.3. The molecule has 210 valence electrons. The third-order valence-electron chi connectivity index (χ3n) is 8.42. The summed E-state index contributed by atoms with van der Waals surface area (Å²) in [5.41, 5.74) is 7.44. The second-order valence-corrected chi connectivity index (χ2v) is 10.9. The van der Waals surface area contributed by atoms with Crippen LogP contribution in [0.3, 0.4) is 0 Å².